The second-order valence-electron chi connectivity index (χ2n) is 4.16. The van der Waals surface area contributed by atoms with E-state index in [4.69, 9.17) is 23.2 Å². The third-order valence-electron chi connectivity index (χ3n) is 2.80. The fraction of sp³-hybridized carbons (Fsp3) is 0.385. The molecule has 0 heterocycles. The summed E-state index contributed by atoms with van der Waals surface area (Å²) >= 11 is 12.1. The van der Waals surface area contributed by atoms with Gasteiger partial charge in [-0.25, -0.2) is 0 Å². The molecule has 19 heavy (non-hydrogen) atoms. The number of hydrazine groups is 1. The molecule has 1 N–H and O–H groups in total. The molecule has 1 aromatic rings. The van der Waals surface area contributed by atoms with Crippen molar-refractivity contribution in [1.82, 2.24) is 10.4 Å². The van der Waals surface area contributed by atoms with Crippen LogP contribution in [-0.2, 0) is 9.59 Å². The van der Waals surface area contributed by atoms with Crippen molar-refractivity contribution in [1.29, 1.82) is 0 Å². The standard InChI is InChI=1S/C13H16Cl2N2O2/c1-2-3-10(7-17(9-19)16-8-18)12-5-4-11(14)6-13(12)15/h4-6,8-10H,2-3,7H2,1H3,(H,16,18). The third kappa shape index (κ3) is 4.73. The number of hydrogen-bond donors (Lipinski definition) is 1. The Hall–Kier alpha value is -1.26. The van der Waals surface area contributed by atoms with Crippen LogP contribution in [0.5, 0.6) is 0 Å². The van der Waals surface area contributed by atoms with E-state index in [1.807, 2.05) is 6.07 Å². The fourth-order valence-electron chi connectivity index (χ4n) is 1.96. The first-order chi connectivity index (χ1) is 9.12. The molecule has 1 atom stereocenters. The zero-order valence-electron chi connectivity index (χ0n) is 10.6. The molecule has 0 saturated heterocycles. The average molecular weight is 303 g/mol. The Morgan fingerprint density at radius 2 is 2.11 bits per heavy atom. The Balaban J connectivity index is 2.92. The summed E-state index contributed by atoms with van der Waals surface area (Å²) in [6.07, 6.45) is 2.85. The van der Waals surface area contributed by atoms with Crippen molar-refractivity contribution < 1.29 is 9.59 Å². The van der Waals surface area contributed by atoms with E-state index in [0.29, 0.717) is 29.4 Å². The van der Waals surface area contributed by atoms with Gasteiger partial charge >= 0.3 is 0 Å². The van der Waals surface area contributed by atoms with Gasteiger partial charge in [0.1, 0.15) is 0 Å². The van der Waals surface area contributed by atoms with Crippen molar-refractivity contribution in [2.24, 2.45) is 0 Å². The van der Waals surface area contributed by atoms with Crippen LogP contribution >= 0.6 is 23.2 Å². The van der Waals surface area contributed by atoms with Gasteiger partial charge in [0, 0.05) is 22.5 Å². The maximum Gasteiger partial charge on any atom is 0.228 e. The maximum atomic E-state index is 10.9. The first-order valence-electron chi connectivity index (χ1n) is 5.99. The molecule has 1 rings (SSSR count). The molecule has 2 amide bonds. The van der Waals surface area contributed by atoms with Crippen LogP contribution in [-0.4, -0.2) is 24.4 Å². The second-order valence-corrected chi connectivity index (χ2v) is 5.00. The van der Waals surface area contributed by atoms with Crippen molar-refractivity contribution in [2.75, 3.05) is 6.54 Å². The lowest BCUT2D eigenvalue weighted by molar-refractivity contribution is -0.127. The highest BCUT2D eigenvalue weighted by Gasteiger charge is 2.17. The van der Waals surface area contributed by atoms with Crippen molar-refractivity contribution in [2.45, 2.75) is 25.7 Å². The van der Waals surface area contributed by atoms with Crippen LogP contribution in [0.25, 0.3) is 0 Å². The van der Waals surface area contributed by atoms with E-state index in [1.165, 1.54) is 5.01 Å². The Labute approximate surface area is 122 Å². The van der Waals surface area contributed by atoms with Gasteiger partial charge in [0.25, 0.3) is 0 Å². The van der Waals surface area contributed by atoms with Crippen LogP contribution in [0, 0.1) is 0 Å². The minimum atomic E-state index is 0.0485. The van der Waals surface area contributed by atoms with E-state index in [2.05, 4.69) is 12.3 Å². The number of hydrogen-bond acceptors (Lipinski definition) is 2. The number of benzene rings is 1. The van der Waals surface area contributed by atoms with Gasteiger partial charge < -0.3 is 0 Å². The summed E-state index contributed by atoms with van der Waals surface area (Å²) < 4.78 is 0. The highest BCUT2D eigenvalue weighted by Crippen LogP contribution is 2.30. The van der Waals surface area contributed by atoms with Crippen LogP contribution in [0.2, 0.25) is 10.0 Å². The SMILES string of the molecule is CCCC(CN(C=O)NC=O)c1ccc(Cl)cc1Cl. The number of carbonyl (C=O) groups excluding carboxylic acids is 2. The lowest BCUT2D eigenvalue weighted by Gasteiger charge is -2.24. The summed E-state index contributed by atoms with van der Waals surface area (Å²) in [5.74, 6) is 0.0485. The topological polar surface area (TPSA) is 49.4 Å². The van der Waals surface area contributed by atoms with Gasteiger partial charge in [0.2, 0.25) is 12.8 Å². The molecule has 0 fully saturated rings. The van der Waals surface area contributed by atoms with Gasteiger partial charge in [0.05, 0.1) is 0 Å². The van der Waals surface area contributed by atoms with Crippen molar-refractivity contribution in [3.8, 4) is 0 Å². The number of amides is 2. The summed E-state index contributed by atoms with van der Waals surface area (Å²) in [5, 5.41) is 2.35. The summed E-state index contributed by atoms with van der Waals surface area (Å²) in [6, 6.07) is 5.30. The molecule has 0 aliphatic heterocycles. The highest BCUT2D eigenvalue weighted by atomic mass is 35.5. The average Bonchev–Trinajstić information content (AvgIpc) is 2.37. The lowest BCUT2D eigenvalue weighted by Crippen LogP contribution is -2.38. The first-order valence-corrected chi connectivity index (χ1v) is 6.74. The fourth-order valence-corrected chi connectivity index (χ4v) is 2.52. The van der Waals surface area contributed by atoms with Gasteiger partial charge in [-0.05, 0) is 24.1 Å². The van der Waals surface area contributed by atoms with E-state index < -0.39 is 0 Å². The van der Waals surface area contributed by atoms with Gasteiger partial charge in [-0.2, -0.15) is 0 Å². The third-order valence-corrected chi connectivity index (χ3v) is 3.36. The van der Waals surface area contributed by atoms with Gasteiger partial charge in [-0.1, -0.05) is 42.6 Å². The summed E-state index contributed by atoms with van der Waals surface area (Å²) in [7, 11) is 0. The normalized spacial score (nSPS) is 11.7. The second kappa shape index (κ2) is 8.02. The van der Waals surface area contributed by atoms with Crippen LogP contribution in [0.1, 0.15) is 31.2 Å². The molecular weight excluding hydrogens is 287 g/mol. The van der Waals surface area contributed by atoms with E-state index in [1.54, 1.807) is 12.1 Å². The van der Waals surface area contributed by atoms with Crippen molar-refractivity contribution >= 4 is 36.0 Å². The Kier molecular flexibility index (Phi) is 6.67. The smallest absolute Gasteiger partial charge is 0.228 e. The number of nitrogens with zero attached hydrogens (tertiary/aromatic N) is 1. The molecule has 1 aromatic carbocycles. The minimum Gasteiger partial charge on any atom is -0.277 e. The van der Waals surface area contributed by atoms with Crippen LogP contribution in [0.3, 0.4) is 0 Å². The molecular formula is C13H16Cl2N2O2. The number of carbonyl (C=O) groups is 2. The summed E-state index contributed by atoms with van der Waals surface area (Å²) in [4.78, 5) is 21.3. The monoisotopic (exact) mass is 302 g/mol. The van der Waals surface area contributed by atoms with E-state index in [-0.39, 0.29) is 5.92 Å². The molecule has 0 saturated carbocycles. The minimum absolute atomic E-state index is 0.0485. The summed E-state index contributed by atoms with van der Waals surface area (Å²) in [6.45, 7) is 2.42. The molecule has 6 heteroatoms. The molecule has 4 nitrogen and oxygen atoms in total. The van der Waals surface area contributed by atoms with Crippen molar-refractivity contribution in [3.63, 3.8) is 0 Å². The quantitative estimate of drug-likeness (QED) is 0.593. The summed E-state index contributed by atoms with van der Waals surface area (Å²) in [5.41, 5.74) is 3.26. The Bertz CT molecular complexity index is 441. The number of rotatable bonds is 8. The van der Waals surface area contributed by atoms with E-state index >= 15 is 0 Å². The highest BCUT2D eigenvalue weighted by molar-refractivity contribution is 6.35. The Morgan fingerprint density at radius 3 is 2.63 bits per heavy atom. The maximum absolute atomic E-state index is 10.9. The molecule has 0 aliphatic carbocycles. The van der Waals surface area contributed by atoms with Gasteiger partial charge in [0.15, 0.2) is 0 Å². The molecule has 104 valence electrons. The van der Waals surface area contributed by atoms with E-state index in [0.717, 1.165) is 18.4 Å². The predicted octanol–water partition coefficient (Wildman–Crippen LogP) is 3.00. The first kappa shape index (κ1) is 15.8. The number of halogens is 2. The number of nitrogens with one attached hydrogen (secondary N) is 1. The molecule has 1 unspecified atom stereocenters. The zero-order valence-corrected chi connectivity index (χ0v) is 12.1. The zero-order chi connectivity index (χ0) is 14.3. The lowest BCUT2D eigenvalue weighted by atomic mass is 9.94. The van der Waals surface area contributed by atoms with Crippen LogP contribution in [0.15, 0.2) is 18.2 Å². The predicted molar refractivity (Wildman–Crippen MR) is 76.1 cm³/mol. The Morgan fingerprint density at radius 1 is 1.37 bits per heavy atom. The molecule has 0 aliphatic rings. The molecule has 0 radical (unpaired) electrons. The molecule has 0 spiro atoms. The van der Waals surface area contributed by atoms with Crippen LogP contribution < -0.4 is 5.43 Å². The van der Waals surface area contributed by atoms with Gasteiger partial charge in [-0.15, -0.1) is 0 Å². The molecule has 0 aromatic heterocycles. The van der Waals surface area contributed by atoms with E-state index in [9.17, 15) is 9.59 Å². The van der Waals surface area contributed by atoms with Crippen molar-refractivity contribution in [3.05, 3.63) is 33.8 Å². The van der Waals surface area contributed by atoms with Crippen LogP contribution in [0.4, 0.5) is 0 Å². The molecule has 0 bridgehead atoms. The largest absolute Gasteiger partial charge is 0.277 e. The van der Waals surface area contributed by atoms with Gasteiger partial charge in [-0.3, -0.25) is 20.0 Å².